The fraction of sp³-hybridized carbons (Fsp3) is 0.387. The lowest BCUT2D eigenvalue weighted by Crippen LogP contribution is -2.36. The van der Waals surface area contributed by atoms with Crippen molar-refractivity contribution < 1.29 is 28.6 Å². The second-order valence-corrected chi connectivity index (χ2v) is 11.9. The number of hydrogen-bond donors (Lipinski definition) is 2. The van der Waals surface area contributed by atoms with Crippen LogP contribution in [0.15, 0.2) is 35.9 Å². The van der Waals surface area contributed by atoms with Crippen molar-refractivity contribution in [2.24, 2.45) is 0 Å². The Labute approximate surface area is 264 Å². The molecule has 0 aliphatic carbocycles. The van der Waals surface area contributed by atoms with Crippen LogP contribution < -0.4 is 10.2 Å². The minimum atomic E-state index is -1.11. The summed E-state index contributed by atoms with van der Waals surface area (Å²) >= 11 is 14.0. The molecule has 3 aromatic rings. The predicted molar refractivity (Wildman–Crippen MR) is 170 cm³/mol. The standard InChI is InChI=1S/C31H34Cl2FN3O5S/c1-4-5-6-10-25(41-3)20-8-7-9-21(26(20)34)27-29(37-11-13-42-14-12-37)43-31(35-27)36-28(38)19-16-23(32)22(24(33)17-19)15-18(2)30(39)40/h7-9,15-17,25H,4-6,10-14H2,1-3H3,(H,39,40)(H,35,36,38). The van der Waals surface area contributed by atoms with E-state index in [1.165, 1.54) is 36.5 Å². The van der Waals surface area contributed by atoms with Crippen molar-refractivity contribution in [2.75, 3.05) is 43.6 Å². The molecule has 1 aromatic heterocycles. The fourth-order valence-electron chi connectivity index (χ4n) is 4.78. The number of amides is 1. The summed E-state index contributed by atoms with van der Waals surface area (Å²) in [5.74, 6) is -2.03. The number of thiazole rings is 1. The molecule has 1 atom stereocenters. The van der Waals surface area contributed by atoms with Crippen molar-refractivity contribution in [1.29, 1.82) is 0 Å². The van der Waals surface area contributed by atoms with Gasteiger partial charge in [-0.1, -0.05) is 72.9 Å². The van der Waals surface area contributed by atoms with Gasteiger partial charge < -0.3 is 19.5 Å². The number of rotatable bonds is 12. The molecular formula is C31H34Cl2FN3O5S. The summed E-state index contributed by atoms with van der Waals surface area (Å²) in [6.07, 6.45) is 4.68. The monoisotopic (exact) mass is 649 g/mol. The normalized spacial score (nSPS) is 14.6. The Balaban J connectivity index is 1.68. The molecule has 1 fully saturated rings. The molecule has 4 rings (SSSR count). The minimum absolute atomic E-state index is 0.0426. The largest absolute Gasteiger partial charge is 0.478 e. The number of ether oxygens (including phenoxy) is 2. The van der Waals surface area contributed by atoms with Gasteiger partial charge in [-0.25, -0.2) is 14.2 Å². The van der Waals surface area contributed by atoms with Gasteiger partial charge in [0.25, 0.3) is 5.91 Å². The van der Waals surface area contributed by atoms with Gasteiger partial charge in [0.2, 0.25) is 0 Å². The van der Waals surface area contributed by atoms with Crippen LogP contribution in [0, 0.1) is 5.82 Å². The van der Waals surface area contributed by atoms with Crippen molar-refractivity contribution in [3.63, 3.8) is 0 Å². The van der Waals surface area contributed by atoms with Crippen molar-refractivity contribution in [3.8, 4) is 11.3 Å². The SMILES string of the molecule is CCCCCC(OC)c1cccc(-c2nc(NC(=O)c3cc(Cl)c(C=C(C)C(=O)O)c(Cl)c3)sc2N2CCOCC2)c1F. The molecule has 0 radical (unpaired) electrons. The molecule has 43 heavy (non-hydrogen) atoms. The number of aromatic nitrogens is 1. The molecule has 0 bridgehead atoms. The maximum Gasteiger partial charge on any atom is 0.331 e. The summed E-state index contributed by atoms with van der Waals surface area (Å²) < 4.78 is 27.3. The summed E-state index contributed by atoms with van der Waals surface area (Å²) in [5, 5.41) is 13.2. The van der Waals surface area contributed by atoms with E-state index in [0.29, 0.717) is 55.1 Å². The van der Waals surface area contributed by atoms with Gasteiger partial charge in [-0.15, -0.1) is 0 Å². The number of carboxylic acids is 1. The smallest absolute Gasteiger partial charge is 0.331 e. The van der Waals surface area contributed by atoms with Gasteiger partial charge in [-0.2, -0.15) is 0 Å². The second-order valence-electron chi connectivity index (χ2n) is 10.1. The Morgan fingerprint density at radius 2 is 1.93 bits per heavy atom. The zero-order valence-corrected chi connectivity index (χ0v) is 26.5. The molecule has 2 aromatic carbocycles. The number of aliphatic carboxylic acids is 1. The van der Waals surface area contributed by atoms with Gasteiger partial charge in [-0.3, -0.25) is 10.1 Å². The van der Waals surface area contributed by atoms with Crippen LogP contribution in [0.3, 0.4) is 0 Å². The third kappa shape index (κ3) is 7.93. The molecular weight excluding hydrogens is 616 g/mol. The highest BCUT2D eigenvalue weighted by Crippen LogP contribution is 2.42. The zero-order valence-electron chi connectivity index (χ0n) is 24.2. The van der Waals surface area contributed by atoms with Crippen molar-refractivity contribution in [1.82, 2.24) is 4.98 Å². The second kappa shape index (κ2) is 15.1. The molecule has 1 aliphatic heterocycles. The number of halogens is 3. The molecule has 2 heterocycles. The van der Waals surface area contributed by atoms with E-state index in [1.807, 2.05) is 0 Å². The lowest BCUT2D eigenvalue weighted by Gasteiger charge is -2.28. The third-order valence-corrected chi connectivity index (χ3v) is 8.81. The molecule has 1 saturated heterocycles. The van der Waals surface area contributed by atoms with Crippen LogP contribution in [0.4, 0.5) is 14.5 Å². The topological polar surface area (TPSA) is 101 Å². The van der Waals surface area contributed by atoms with Gasteiger partial charge in [0.05, 0.1) is 29.4 Å². The summed E-state index contributed by atoms with van der Waals surface area (Å²) in [4.78, 5) is 31.3. The first kappa shape index (κ1) is 32.9. The van der Waals surface area contributed by atoms with E-state index >= 15 is 4.39 Å². The van der Waals surface area contributed by atoms with Gasteiger partial charge in [0.15, 0.2) is 5.13 Å². The van der Waals surface area contributed by atoms with Crippen LogP contribution in [-0.4, -0.2) is 55.4 Å². The number of nitrogens with one attached hydrogen (secondary N) is 1. The first-order chi connectivity index (χ1) is 20.6. The van der Waals surface area contributed by atoms with Crippen molar-refractivity contribution >= 4 is 62.6 Å². The highest BCUT2D eigenvalue weighted by Gasteiger charge is 2.26. The molecule has 8 nitrogen and oxygen atoms in total. The van der Waals surface area contributed by atoms with E-state index in [0.717, 1.165) is 24.3 Å². The molecule has 1 amide bonds. The van der Waals surface area contributed by atoms with Gasteiger partial charge in [0, 0.05) is 48.0 Å². The number of carbonyl (C=O) groups is 2. The highest BCUT2D eigenvalue weighted by atomic mass is 35.5. The van der Waals surface area contributed by atoms with E-state index in [2.05, 4.69) is 22.1 Å². The number of carboxylic acid groups (broad SMARTS) is 1. The Morgan fingerprint density at radius 1 is 1.23 bits per heavy atom. The molecule has 1 unspecified atom stereocenters. The summed E-state index contributed by atoms with van der Waals surface area (Å²) in [6.45, 7) is 5.76. The molecule has 2 N–H and O–H groups in total. The van der Waals surface area contributed by atoms with Crippen molar-refractivity contribution in [3.05, 3.63) is 68.5 Å². The number of hydrogen-bond acceptors (Lipinski definition) is 7. The van der Waals surface area contributed by atoms with Crippen LogP contribution in [0.25, 0.3) is 17.3 Å². The highest BCUT2D eigenvalue weighted by molar-refractivity contribution is 7.20. The van der Waals surface area contributed by atoms with E-state index in [1.54, 1.807) is 25.3 Å². The number of morpholine rings is 1. The molecule has 1 aliphatic rings. The minimum Gasteiger partial charge on any atom is -0.478 e. The maximum atomic E-state index is 16.1. The Bertz CT molecular complexity index is 1480. The summed E-state index contributed by atoms with van der Waals surface area (Å²) in [6, 6.07) is 8.05. The summed E-state index contributed by atoms with van der Waals surface area (Å²) in [5.41, 5.74) is 1.72. The van der Waals surface area contributed by atoms with Crippen LogP contribution in [0.2, 0.25) is 10.0 Å². The molecule has 230 valence electrons. The first-order valence-electron chi connectivity index (χ1n) is 14.0. The number of nitrogens with zero attached hydrogens (tertiary/aromatic N) is 2. The first-order valence-corrected chi connectivity index (χ1v) is 15.6. The van der Waals surface area contributed by atoms with Gasteiger partial charge in [-0.05, 0) is 37.6 Å². The number of carbonyl (C=O) groups excluding carboxylic acids is 1. The predicted octanol–water partition coefficient (Wildman–Crippen LogP) is 8.10. The third-order valence-electron chi connectivity index (χ3n) is 7.15. The van der Waals surface area contributed by atoms with Crippen LogP contribution >= 0.6 is 34.5 Å². The zero-order chi connectivity index (χ0) is 31.1. The Kier molecular flexibility index (Phi) is 11.6. The average molecular weight is 651 g/mol. The fourth-order valence-corrected chi connectivity index (χ4v) is 6.41. The number of unbranched alkanes of at least 4 members (excludes halogenated alkanes) is 2. The Hall–Kier alpha value is -3.02. The van der Waals surface area contributed by atoms with Gasteiger partial charge in [0.1, 0.15) is 16.5 Å². The van der Waals surface area contributed by atoms with Crippen molar-refractivity contribution in [2.45, 2.75) is 45.6 Å². The molecule has 0 saturated carbocycles. The van der Waals surface area contributed by atoms with E-state index in [-0.39, 0.29) is 32.4 Å². The molecule has 12 heteroatoms. The summed E-state index contributed by atoms with van der Waals surface area (Å²) in [7, 11) is 1.59. The lowest BCUT2D eigenvalue weighted by atomic mass is 9.99. The van der Waals surface area contributed by atoms with Crippen LogP contribution in [0.5, 0.6) is 0 Å². The Morgan fingerprint density at radius 3 is 2.56 bits per heavy atom. The maximum absolute atomic E-state index is 16.1. The van der Waals surface area contributed by atoms with E-state index in [9.17, 15) is 14.7 Å². The van der Waals surface area contributed by atoms with E-state index < -0.39 is 17.7 Å². The average Bonchev–Trinajstić information content (AvgIpc) is 3.41. The van der Waals surface area contributed by atoms with E-state index in [4.69, 9.17) is 32.7 Å². The number of anilines is 2. The van der Waals surface area contributed by atoms with Gasteiger partial charge >= 0.3 is 5.97 Å². The van der Waals surface area contributed by atoms with Crippen LogP contribution in [-0.2, 0) is 14.3 Å². The number of benzene rings is 2. The lowest BCUT2D eigenvalue weighted by molar-refractivity contribution is -0.132. The van der Waals surface area contributed by atoms with Crippen LogP contribution in [0.1, 0.15) is 67.1 Å². The number of methoxy groups -OCH3 is 1. The molecule has 0 spiro atoms. The quantitative estimate of drug-likeness (QED) is 0.151.